The lowest BCUT2D eigenvalue weighted by Gasteiger charge is -2.29. The van der Waals surface area contributed by atoms with Crippen LogP contribution in [0.2, 0.25) is 0 Å². The maximum absolute atomic E-state index is 14.3. The normalized spacial score (nSPS) is 17.9. The number of carbonyl (C=O) groups is 1. The fraction of sp³-hybridized carbons (Fsp3) is 0.457. The Hall–Kier alpha value is -3.60. The minimum atomic E-state index is -4.61. The monoisotopic (exact) mass is 627 g/mol. The summed E-state index contributed by atoms with van der Waals surface area (Å²) in [5.41, 5.74) is 3.15. The minimum absolute atomic E-state index is 0.0592. The van der Waals surface area contributed by atoms with E-state index in [1.54, 1.807) is 37.4 Å². The summed E-state index contributed by atoms with van der Waals surface area (Å²) in [6.07, 6.45) is -4.13. The predicted molar refractivity (Wildman–Crippen MR) is 170 cm³/mol. The van der Waals surface area contributed by atoms with Crippen LogP contribution in [0.3, 0.4) is 0 Å². The van der Waals surface area contributed by atoms with Crippen molar-refractivity contribution < 1.29 is 32.5 Å². The number of methoxy groups -OCH3 is 1. The van der Waals surface area contributed by atoms with Gasteiger partial charge < -0.3 is 25.2 Å². The Morgan fingerprint density at radius 1 is 1.04 bits per heavy atom. The molecule has 0 fully saturated rings. The minimum Gasteiger partial charge on any atom is -0.494 e. The largest absolute Gasteiger partial charge is 0.494 e. The van der Waals surface area contributed by atoms with E-state index in [0.29, 0.717) is 31.1 Å². The van der Waals surface area contributed by atoms with E-state index in [0.717, 1.165) is 35.2 Å². The standard InChI is InChI=1S/C35H44F3N3O4/c1-34(2,3)27-11-8-10-25(19-27)32(35(36,37)38)40-21-31(42)30-18-23-9-7-12-29(17-23)45-14-6-5-13-39-28-16-24(22-44-4)15-26(20-28)33(43)41-30/h7-12,15-17,19-20,30-32,39-40,42H,5-6,13-14,18,21-22H2,1-4H3,(H,41,43)/t30-,31+,32?/m0/s1. The van der Waals surface area contributed by atoms with E-state index in [1.807, 2.05) is 51.1 Å². The molecule has 1 unspecified atom stereocenters. The number of benzene rings is 3. The molecular formula is C35H44F3N3O4. The van der Waals surface area contributed by atoms with Gasteiger partial charge in [0.1, 0.15) is 11.8 Å². The van der Waals surface area contributed by atoms with Crippen molar-refractivity contribution in [3.05, 3.63) is 94.5 Å². The van der Waals surface area contributed by atoms with Crippen molar-refractivity contribution in [2.24, 2.45) is 0 Å². The van der Waals surface area contributed by atoms with Crippen molar-refractivity contribution in [2.45, 2.75) is 76.4 Å². The first-order valence-corrected chi connectivity index (χ1v) is 15.3. The number of aliphatic hydroxyl groups excluding tert-OH is 1. The smallest absolute Gasteiger partial charge is 0.407 e. The zero-order valence-corrected chi connectivity index (χ0v) is 26.3. The molecule has 0 saturated carbocycles. The highest BCUT2D eigenvalue weighted by atomic mass is 19.4. The van der Waals surface area contributed by atoms with Crippen LogP contribution >= 0.6 is 0 Å². The number of rotatable bonds is 7. The third-order valence-electron chi connectivity index (χ3n) is 7.81. The number of hydrogen-bond donors (Lipinski definition) is 4. The molecular weight excluding hydrogens is 583 g/mol. The number of carbonyl (C=O) groups excluding carboxylic acids is 1. The van der Waals surface area contributed by atoms with Crippen LogP contribution in [0.15, 0.2) is 66.7 Å². The van der Waals surface area contributed by atoms with Crippen LogP contribution in [-0.4, -0.2) is 56.1 Å². The van der Waals surface area contributed by atoms with Crippen LogP contribution in [0.5, 0.6) is 5.75 Å². The zero-order valence-electron chi connectivity index (χ0n) is 26.3. The highest BCUT2D eigenvalue weighted by Crippen LogP contribution is 2.35. The van der Waals surface area contributed by atoms with Crippen LogP contribution in [0, 0.1) is 0 Å². The number of ether oxygens (including phenoxy) is 2. The van der Waals surface area contributed by atoms with Crippen LogP contribution in [0.1, 0.15) is 72.3 Å². The van der Waals surface area contributed by atoms with Crippen molar-refractivity contribution >= 4 is 11.6 Å². The molecule has 4 N–H and O–H groups in total. The molecule has 4 rings (SSSR count). The summed E-state index contributed by atoms with van der Waals surface area (Å²) in [5, 5.41) is 20.2. The average molecular weight is 628 g/mol. The first kappa shape index (κ1) is 34.3. The van der Waals surface area contributed by atoms with Gasteiger partial charge in [0.25, 0.3) is 5.91 Å². The van der Waals surface area contributed by atoms with Gasteiger partial charge in [0, 0.05) is 31.5 Å². The number of hydrogen-bond acceptors (Lipinski definition) is 6. The molecule has 3 aromatic carbocycles. The van der Waals surface area contributed by atoms with Crippen LogP contribution in [0.25, 0.3) is 0 Å². The van der Waals surface area contributed by atoms with Gasteiger partial charge in [0.2, 0.25) is 0 Å². The lowest BCUT2D eigenvalue weighted by molar-refractivity contribution is -0.158. The lowest BCUT2D eigenvalue weighted by Crippen LogP contribution is -2.50. The third-order valence-corrected chi connectivity index (χ3v) is 7.81. The molecule has 244 valence electrons. The summed E-state index contributed by atoms with van der Waals surface area (Å²) in [7, 11) is 1.57. The van der Waals surface area contributed by atoms with Crippen molar-refractivity contribution in [1.29, 1.82) is 0 Å². The molecule has 3 atom stereocenters. The second-order valence-corrected chi connectivity index (χ2v) is 12.6. The van der Waals surface area contributed by atoms with E-state index >= 15 is 0 Å². The SMILES string of the molecule is COCc1cc2cc(c1)C(=O)N[C@H]([C@H](O)CNC(c1cccc(C(C)(C)C)c1)C(F)(F)F)Cc1cccc(c1)OCCCCN2. The molecule has 0 aliphatic carbocycles. The maximum Gasteiger partial charge on any atom is 0.407 e. The number of alkyl halides is 3. The predicted octanol–water partition coefficient (Wildman–Crippen LogP) is 6.31. The summed E-state index contributed by atoms with van der Waals surface area (Å²) in [4.78, 5) is 13.6. The fourth-order valence-electron chi connectivity index (χ4n) is 5.36. The number of fused-ring (bicyclic) bond motifs is 4. The molecule has 1 aliphatic heterocycles. The summed E-state index contributed by atoms with van der Waals surface area (Å²) < 4.78 is 54.2. The summed E-state index contributed by atoms with van der Waals surface area (Å²) in [6.45, 7) is 6.89. The summed E-state index contributed by atoms with van der Waals surface area (Å²) >= 11 is 0. The number of aliphatic hydroxyl groups is 1. The summed E-state index contributed by atoms with van der Waals surface area (Å²) in [5.74, 6) is 0.195. The van der Waals surface area contributed by atoms with Gasteiger partial charge in [-0.3, -0.25) is 10.1 Å². The first-order valence-electron chi connectivity index (χ1n) is 15.3. The second kappa shape index (κ2) is 15.1. The van der Waals surface area contributed by atoms with Gasteiger partial charge >= 0.3 is 6.18 Å². The highest BCUT2D eigenvalue weighted by molar-refractivity contribution is 5.95. The molecule has 0 saturated heterocycles. The molecule has 0 spiro atoms. The van der Waals surface area contributed by atoms with E-state index in [1.165, 1.54) is 6.07 Å². The Morgan fingerprint density at radius 3 is 2.56 bits per heavy atom. The Morgan fingerprint density at radius 2 is 1.82 bits per heavy atom. The molecule has 4 bridgehead atoms. The number of halogens is 3. The van der Waals surface area contributed by atoms with Crippen LogP contribution in [-0.2, 0) is 23.2 Å². The molecule has 1 amide bonds. The average Bonchev–Trinajstić information content (AvgIpc) is 2.97. The Kier molecular flexibility index (Phi) is 11.5. The van der Waals surface area contributed by atoms with Crippen LogP contribution < -0.4 is 20.7 Å². The zero-order chi connectivity index (χ0) is 32.6. The molecule has 1 aliphatic rings. The Balaban J connectivity index is 1.62. The van der Waals surface area contributed by atoms with Crippen molar-refractivity contribution in [3.63, 3.8) is 0 Å². The molecule has 3 aromatic rings. The second-order valence-electron chi connectivity index (χ2n) is 12.6. The van der Waals surface area contributed by atoms with E-state index < -0.39 is 36.8 Å². The van der Waals surface area contributed by atoms with Gasteiger partial charge in [-0.2, -0.15) is 13.2 Å². The van der Waals surface area contributed by atoms with E-state index in [-0.39, 0.29) is 17.4 Å². The van der Waals surface area contributed by atoms with Crippen molar-refractivity contribution in [2.75, 3.05) is 32.1 Å². The molecule has 45 heavy (non-hydrogen) atoms. The van der Waals surface area contributed by atoms with Gasteiger partial charge in [-0.25, -0.2) is 0 Å². The van der Waals surface area contributed by atoms with Gasteiger partial charge in [-0.05, 0) is 77.3 Å². The molecule has 7 nitrogen and oxygen atoms in total. The summed E-state index contributed by atoms with van der Waals surface area (Å²) in [6, 6.07) is 16.2. The third kappa shape index (κ3) is 9.94. The van der Waals surface area contributed by atoms with Crippen LogP contribution in [0.4, 0.5) is 18.9 Å². The van der Waals surface area contributed by atoms with E-state index in [2.05, 4.69) is 16.0 Å². The van der Waals surface area contributed by atoms with Crippen molar-refractivity contribution in [3.8, 4) is 5.75 Å². The first-order chi connectivity index (χ1) is 21.3. The molecule has 0 radical (unpaired) electrons. The van der Waals surface area contributed by atoms with Gasteiger partial charge in [-0.1, -0.05) is 57.2 Å². The number of anilines is 1. The molecule has 10 heteroatoms. The highest BCUT2D eigenvalue weighted by Gasteiger charge is 2.41. The molecule has 0 aromatic heterocycles. The maximum atomic E-state index is 14.3. The quantitative estimate of drug-likeness (QED) is 0.246. The number of nitrogens with one attached hydrogen (secondary N) is 3. The Bertz CT molecular complexity index is 1420. The molecule has 1 heterocycles. The van der Waals surface area contributed by atoms with Gasteiger partial charge in [0.15, 0.2) is 0 Å². The number of amides is 1. The fourth-order valence-corrected chi connectivity index (χ4v) is 5.36. The van der Waals surface area contributed by atoms with E-state index in [9.17, 15) is 23.1 Å². The lowest BCUT2D eigenvalue weighted by atomic mass is 9.85. The van der Waals surface area contributed by atoms with Gasteiger partial charge in [0.05, 0.1) is 25.4 Å². The van der Waals surface area contributed by atoms with Crippen molar-refractivity contribution in [1.82, 2.24) is 10.6 Å². The van der Waals surface area contributed by atoms with Gasteiger partial charge in [-0.15, -0.1) is 0 Å². The topological polar surface area (TPSA) is 91.9 Å². The Labute approximate surface area is 263 Å². The van der Waals surface area contributed by atoms with E-state index in [4.69, 9.17) is 9.47 Å².